The summed E-state index contributed by atoms with van der Waals surface area (Å²) >= 11 is 11.9. The zero-order chi connectivity index (χ0) is 18.7. The van der Waals surface area contributed by atoms with Gasteiger partial charge in [-0.1, -0.05) is 29.3 Å². The molecule has 3 rings (SSSR count). The minimum atomic E-state index is -3.43. The Balaban J connectivity index is 1.57. The van der Waals surface area contributed by atoms with Gasteiger partial charge in [-0.15, -0.1) is 0 Å². The molecule has 0 unspecified atom stereocenters. The second-order valence-corrected chi connectivity index (χ2v) is 9.85. The molecule has 26 heavy (non-hydrogen) atoms. The molecule has 0 bridgehead atoms. The predicted octanol–water partition coefficient (Wildman–Crippen LogP) is 3.55. The van der Waals surface area contributed by atoms with Crippen LogP contribution in [0.4, 0.5) is 0 Å². The molecule has 0 saturated carbocycles. The number of likely N-dealkylation sites (tertiary alicyclic amines) is 1. The van der Waals surface area contributed by atoms with Crippen LogP contribution in [0.2, 0.25) is 10.0 Å². The lowest BCUT2D eigenvalue weighted by Crippen LogP contribution is -2.45. The Morgan fingerprint density at radius 2 is 1.65 bits per heavy atom. The van der Waals surface area contributed by atoms with Gasteiger partial charge in [-0.05, 0) is 49.8 Å². The van der Waals surface area contributed by atoms with Crippen LogP contribution in [0.1, 0.15) is 37.7 Å². The number of carbonyl (C=O) groups excluding carboxylic acids is 1. The van der Waals surface area contributed by atoms with Crippen molar-refractivity contribution in [3.05, 3.63) is 33.8 Å². The van der Waals surface area contributed by atoms with Crippen molar-refractivity contribution in [2.45, 2.75) is 37.9 Å². The SMILES string of the molecule is O=C(C1CCN(S(=O)(=O)Cc2ccc(Cl)c(Cl)c2)CC1)N1CCCCC1. The van der Waals surface area contributed by atoms with Crippen molar-refractivity contribution >= 4 is 39.1 Å². The second-order valence-electron chi connectivity index (χ2n) is 7.06. The number of hydrogen-bond donors (Lipinski definition) is 0. The molecule has 2 aliphatic heterocycles. The smallest absolute Gasteiger partial charge is 0.225 e. The van der Waals surface area contributed by atoms with Crippen molar-refractivity contribution in [1.29, 1.82) is 0 Å². The van der Waals surface area contributed by atoms with Crippen LogP contribution >= 0.6 is 23.2 Å². The van der Waals surface area contributed by atoms with Crippen LogP contribution in [0.5, 0.6) is 0 Å². The number of amides is 1. The number of sulfonamides is 1. The van der Waals surface area contributed by atoms with Crippen molar-refractivity contribution in [2.75, 3.05) is 26.2 Å². The van der Waals surface area contributed by atoms with E-state index in [1.165, 1.54) is 10.7 Å². The van der Waals surface area contributed by atoms with Crippen molar-refractivity contribution in [3.8, 4) is 0 Å². The first-order valence-electron chi connectivity index (χ1n) is 9.07. The van der Waals surface area contributed by atoms with Gasteiger partial charge in [0.25, 0.3) is 0 Å². The molecule has 2 aliphatic rings. The third-order valence-electron chi connectivity index (χ3n) is 5.20. The topological polar surface area (TPSA) is 57.7 Å². The molecule has 8 heteroatoms. The fourth-order valence-electron chi connectivity index (χ4n) is 3.68. The minimum Gasteiger partial charge on any atom is -0.342 e. The van der Waals surface area contributed by atoms with E-state index in [2.05, 4.69) is 0 Å². The number of halogens is 2. The van der Waals surface area contributed by atoms with Gasteiger partial charge >= 0.3 is 0 Å². The van der Waals surface area contributed by atoms with Crippen LogP contribution in [0.25, 0.3) is 0 Å². The standard InChI is InChI=1S/C18H24Cl2N2O3S/c19-16-5-4-14(12-17(16)20)13-26(24,25)22-10-6-15(7-11-22)18(23)21-8-2-1-3-9-21/h4-5,12,15H,1-3,6-11,13H2. The zero-order valence-corrected chi connectivity index (χ0v) is 17.0. The van der Waals surface area contributed by atoms with Crippen molar-refractivity contribution < 1.29 is 13.2 Å². The Bertz CT molecular complexity index is 756. The summed E-state index contributed by atoms with van der Waals surface area (Å²) in [6.45, 7) is 2.48. The average Bonchev–Trinajstić information content (AvgIpc) is 2.65. The molecular formula is C18H24Cl2N2O3S. The molecule has 144 valence electrons. The van der Waals surface area contributed by atoms with E-state index in [1.807, 2.05) is 4.90 Å². The molecule has 1 aromatic carbocycles. The van der Waals surface area contributed by atoms with Gasteiger partial charge in [0, 0.05) is 32.1 Å². The van der Waals surface area contributed by atoms with Gasteiger partial charge in [0.15, 0.2) is 0 Å². The van der Waals surface area contributed by atoms with Gasteiger partial charge < -0.3 is 4.90 Å². The summed E-state index contributed by atoms with van der Waals surface area (Å²) in [5, 5.41) is 0.759. The van der Waals surface area contributed by atoms with Gasteiger partial charge in [0.05, 0.1) is 15.8 Å². The molecule has 0 aromatic heterocycles. The molecular weight excluding hydrogens is 395 g/mol. The molecule has 0 atom stereocenters. The Labute approximate surface area is 165 Å². The number of rotatable bonds is 4. The molecule has 2 fully saturated rings. The average molecular weight is 419 g/mol. The molecule has 1 aromatic rings. The highest BCUT2D eigenvalue weighted by Crippen LogP contribution is 2.27. The Kier molecular flexibility index (Phi) is 6.49. The summed E-state index contributed by atoms with van der Waals surface area (Å²) in [7, 11) is -3.43. The lowest BCUT2D eigenvalue weighted by Gasteiger charge is -2.35. The van der Waals surface area contributed by atoms with E-state index in [1.54, 1.807) is 18.2 Å². The second kappa shape index (κ2) is 8.46. The summed E-state index contributed by atoms with van der Waals surface area (Å²) in [5.41, 5.74) is 0.617. The summed E-state index contributed by atoms with van der Waals surface area (Å²) < 4.78 is 26.9. The molecule has 0 N–H and O–H groups in total. The van der Waals surface area contributed by atoms with Crippen LogP contribution in [0.3, 0.4) is 0 Å². The maximum Gasteiger partial charge on any atom is 0.225 e. The molecule has 2 saturated heterocycles. The third-order valence-corrected chi connectivity index (χ3v) is 7.79. The van der Waals surface area contributed by atoms with Crippen LogP contribution in [-0.4, -0.2) is 49.7 Å². The maximum absolute atomic E-state index is 12.7. The summed E-state index contributed by atoms with van der Waals surface area (Å²) in [6, 6.07) is 4.88. The van der Waals surface area contributed by atoms with E-state index in [4.69, 9.17) is 23.2 Å². The highest BCUT2D eigenvalue weighted by atomic mass is 35.5. The zero-order valence-electron chi connectivity index (χ0n) is 14.7. The maximum atomic E-state index is 12.7. The normalized spacial score (nSPS) is 20.3. The highest BCUT2D eigenvalue weighted by Gasteiger charge is 2.33. The molecule has 1 amide bonds. The first-order chi connectivity index (χ1) is 12.4. The van der Waals surface area contributed by atoms with E-state index >= 15 is 0 Å². The van der Waals surface area contributed by atoms with Gasteiger partial charge in [-0.2, -0.15) is 0 Å². The molecule has 5 nitrogen and oxygen atoms in total. The van der Waals surface area contributed by atoms with Crippen LogP contribution < -0.4 is 0 Å². The van der Waals surface area contributed by atoms with E-state index in [-0.39, 0.29) is 17.6 Å². The Hall–Kier alpha value is -0.820. The van der Waals surface area contributed by atoms with Gasteiger partial charge in [-0.25, -0.2) is 12.7 Å². The number of piperidine rings is 2. The lowest BCUT2D eigenvalue weighted by molar-refractivity contribution is -0.137. The fourth-order valence-corrected chi connectivity index (χ4v) is 5.56. The number of nitrogens with zero attached hydrogens (tertiary/aromatic N) is 2. The summed E-state index contributed by atoms with van der Waals surface area (Å²) in [5.74, 6) is 0.0463. The molecule has 0 spiro atoms. The van der Waals surface area contributed by atoms with Crippen molar-refractivity contribution in [3.63, 3.8) is 0 Å². The monoisotopic (exact) mass is 418 g/mol. The Morgan fingerprint density at radius 3 is 2.27 bits per heavy atom. The predicted molar refractivity (Wildman–Crippen MR) is 104 cm³/mol. The first kappa shape index (κ1) is 19.9. The van der Waals surface area contributed by atoms with Crippen LogP contribution in [0.15, 0.2) is 18.2 Å². The molecule has 2 heterocycles. The van der Waals surface area contributed by atoms with E-state index < -0.39 is 10.0 Å². The van der Waals surface area contributed by atoms with Gasteiger partial charge in [0.1, 0.15) is 0 Å². The quantitative estimate of drug-likeness (QED) is 0.750. The fraction of sp³-hybridized carbons (Fsp3) is 0.611. The van der Waals surface area contributed by atoms with Crippen molar-refractivity contribution in [1.82, 2.24) is 9.21 Å². The summed E-state index contributed by atoms with van der Waals surface area (Å²) in [6.07, 6.45) is 4.52. The largest absolute Gasteiger partial charge is 0.342 e. The van der Waals surface area contributed by atoms with Gasteiger partial charge in [0.2, 0.25) is 15.9 Å². The number of hydrogen-bond acceptors (Lipinski definition) is 3. The highest BCUT2D eigenvalue weighted by molar-refractivity contribution is 7.88. The summed E-state index contributed by atoms with van der Waals surface area (Å²) in [4.78, 5) is 14.6. The van der Waals surface area contributed by atoms with Crippen LogP contribution in [-0.2, 0) is 20.6 Å². The number of benzene rings is 1. The van der Waals surface area contributed by atoms with E-state index in [9.17, 15) is 13.2 Å². The third kappa shape index (κ3) is 4.71. The van der Waals surface area contributed by atoms with Crippen LogP contribution in [0, 0.1) is 5.92 Å². The van der Waals surface area contributed by atoms with E-state index in [0.29, 0.717) is 41.5 Å². The first-order valence-corrected chi connectivity index (χ1v) is 11.4. The Morgan fingerprint density at radius 1 is 1.00 bits per heavy atom. The molecule has 0 aliphatic carbocycles. The van der Waals surface area contributed by atoms with Gasteiger partial charge in [-0.3, -0.25) is 4.79 Å². The molecule has 0 radical (unpaired) electrons. The number of carbonyl (C=O) groups is 1. The van der Waals surface area contributed by atoms with E-state index in [0.717, 1.165) is 25.9 Å². The lowest BCUT2D eigenvalue weighted by atomic mass is 9.95. The van der Waals surface area contributed by atoms with Crippen molar-refractivity contribution in [2.24, 2.45) is 5.92 Å². The minimum absolute atomic E-state index is 0.0514.